The summed E-state index contributed by atoms with van der Waals surface area (Å²) in [6.45, 7) is -2.25. The molecule has 0 fully saturated rings. The van der Waals surface area contributed by atoms with Crippen molar-refractivity contribution in [2.75, 3.05) is 5.32 Å². The van der Waals surface area contributed by atoms with Crippen LogP contribution in [0.15, 0.2) is 34.8 Å². The van der Waals surface area contributed by atoms with Crippen LogP contribution in [0.3, 0.4) is 0 Å². The van der Waals surface area contributed by atoms with Crippen molar-refractivity contribution in [3.05, 3.63) is 44.0 Å². The highest BCUT2D eigenvalue weighted by Crippen LogP contribution is 2.32. The van der Waals surface area contributed by atoms with Crippen molar-refractivity contribution >= 4 is 44.6 Å². The molecule has 1 heterocycles. The highest BCUT2D eigenvalue weighted by Gasteiger charge is 2.06. The quantitative estimate of drug-likeness (QED) is 0.765. The number of hydrogen-bond donors (Lipinski definition) is 1. The van der Waals surface area contributed by atoms with Gasteiger partial charge in [0.1, 0.15) is 10.1 Å². The van der Waals surface area contributed by atoms with Crippen LogP contribution < -0.4 is 10.1 Å². The van der Waals surface area contributed by atoms with Gasteiger partial charge in [0.2, 0.25) is 0 Å². The first kappa shape index (κ1) is 14.6. The Kier molecular flexibility index (Phi) is 5.01. The van der Waals surface area contributed by atoms with Crippen molar-refractivity contribution in [1.82, 2.24) is 0 Å². The molecule has 19 heavy (non-hydrogen) atoms. The number of alkyl halides is 2. The Bertz CT molecular complexity index is 545. The molecule has 0 amide bonds. The van der Waals surface area contributed by atoms with E-state index in [-0.39, 0.29) is 5.75 Å². The fourth-order valence-electron chi connectivity index (χ4n) is 1.45. The SMILES string of the molecule is FC(F)Oc1cccc(NCc2cc(Br)c(Cl)s2)c1. The van der Waals surface area contributed by atoms with Crippen LogP contribution in [0.25, 0.3) is 0 Å². The van der Waals surface area contributed by atoms with E-state index in [1.54, 1.807) is 12.1 Å². The van der Waals surface area contributed by atoms with E-state index >= 15 is 0 Å². The topological polar surface area (TPSA) is 21.3 Å². The third kappa shape index (κ3) is 4.33. The molecule has 0 aliphatic carbocycles. The van der Waals surface area contributed by atoms with Gasteiger partial charge in [-0.05, 0) is 34.1 Å². The van der Waals surface area contributed by atoms with E-state index in [2.05, 4.69) is 26.0 Å². The van der Waals surface area contributed by atoms with Crippen molar-refractivity contribution in [3.63, 3.8) is 0 Å². The first-order valence-corrected chi connectivity index (χ1v) is 7.26. The van der Waals surface area contributed by atoms with Crippen molar-refractivity contribution in [2.24, 2.45) is 0 Å². The standard InChI is InChI=1S/C12H9BrClF2NOS/c13-10-5-9(19-11(10)14)6-17-7-2-1-3-8(4-7)18-12(15)16/h1-5,12,17H,6H2. The summed E-state index contributed by atoms with van der Waals surface area (Å²) in [4.78, 5) is 1.04. The summed E-state index contributed by atoms with van der Waals surface area (Å²) in [5.41, 5.74) is 0.707. The predicted octanol–water partition coefficient (Wildman–Crippen LogP) is 5.38. The minimum absolute atomic E-state index is 0.130. The normalized spacial score (nSPS) is 10.8. The zero-order valence-corrected chi connectivity index (χ0v) is 12.7. The fraction of sp³-hybridized carbons (Fsp3) is 0.167. The summed E-state index contributed by atoms with van der Waals surface area (Å²) < 4.78 is 30.0. The summed E-state index contributed by atoms with van der Waals surface area (Å²) >= 11 is 10.7. The average Bonchev–Trinajstić information content (AvgIpc) is 2.66. The number of anilines is 1. The van der Waals surface area contributed by atoms with Gasteiger partial charge in [-0.2, -0.15) is 8.78 Å². The van der Waals surface area contributed by atoms with Gasteiger partial charge in [-0.15, -0.1) is 11.3 Å². The molecule has 2 nitrogen and oxygen atoms in total. The van der Waals surface area contributed by atoms with Gasteiger partial charge in [-0.1, -0.05) is 17.7 Å². The Morgan fingerprint density at radius 1 is 1.37 bits per heavy atom. The van der Waals surface area contributed by atoms with Gasteiger partial charge in [0.05, 0.1) is 0 Å². The van der Waals surface area contributed by atoms with Crippen molar-refractivity contribution in [3.8, 4) is 5.75 Å². The van der Waals surface area contributed by atoms with Crippen LogP contribution in [-0.4, -0.2) is 6.61 Å². The largest absolute Gasteiger partial charge is 0.435 e. The second-order valence-corrected chi connectivity index (χ2v) is 6.19. The fourth-order valence-corrected chi connectivity index (χ4v) is 3.18. The average molecular weight is 369 g/mol. The number of ether oxygens (including phenoxy) is 1. The molecule has 1 aromatic heterocycles. The molecule has 2 aromatic rings. The molecule has 7 heteroatoms. The monoisotopic (exact) mass is 367 g/mol. The number of nitrogens with one attached hydrogen (secondary N) is 1. The maximum atomic E-state index is 12.1. The van der Waals surface area contributed by atoms with Crippen LogP contribution in [0.1, 0.15) is 4.88 Å². The van der Waals surface area contributed by atoms with Gasteiger partial charge in [-0.25, -0.2) is 0 Å². The summed E-state index contributed by atoms with van der Waals surface area (Å²) in [6, 6.07) is 8.35. The van der Waals surface area contributed by atoms with Crippen LogP contribution in [-0.2, 0) is 6.54 Å². The lowest BCUT2D eigenvalue weighted by Gasteiger charge is -2.08. The summed E-state index contributed by atoms with van der Waals surface area (Å²) in [7, 11) is 0. The molecular weight excluding hydrogens is 360 g/mol. The van der Waals surface area contributed by atoms with Crippen LogP contribution >= 0.6 is 38.9 Å². The third-order valence-electron chi connectivity index (χ3n) is 2.22. The van der Waals surface area contributed by atoms with Gasteiger partial charge < -0.3 is 10.1 Å². The molecule has 0 unspecified atom stereocenters. The van der Waals surface area contributed by atoms with Crippen LogP contribution in [0.5, 0.6) is 5.75 Å². The van der Waals surface area contributed by atoms with Crippen molar-refractivity contribution in [1.29, 1.82) is 0 Å². The Morgan fingerprint density at radius 3 is 2.79 bits per heavy atom. The molecule has 0 spiro atoms. The van der Waals surface area contributed by atoms with Gasteiger partial charge in [0, 0.05) is 27.6 Å². The van der Waals surface area contributed by atoms with E-state index in [1.807, 2.05) is 6.07 Å². The van der Waals surface area contributed by atoms with E-state index < -0.39 is 6.61 Å². The molecule has 0 saturated heterocycles. The second kappa shape index (κ2) is 6.54. The summed E-state index contributed by atoms with van der Waals surface area (Å²) in [5.74, 6) is 0.130. The molecule has 0 bridgehead atoms. The highest BCUT2D eigenvalue weighted by molar-refractivity contribution is 9.10. The Morgan fingerprint density at radius 2 is 2.16 bits per heavy atom. The summed E-state index contributed by atoms with van der Waals surface area (Å²) in [5, 5.41) is 3.12. The van der Waals surface area contributed by atoms with E-state index in [4.69, 9.17) is 11.6 Å². The van der Waals surface area contributed by atoms with E-state index in [0.29, 0.717) is 16.6 Å². The molecule has 0 aliphatic heterocycles. The second-order valence-electron chi connectivity index (χ2n) is 3.59. The van der Waals surface area contributed by atoms with Crippen LogP contribution in [0, 0.1) is 0 Å². The smallest absolute Gasteiger partial charge is 0.387 e. The molecule has 0 aliphatic rings. The molecule has 2 rings (SSSR count). The van der Waals surface area contributed by atoms with Crippen LogP contribution in [0.4, 0.5) is 14.5 Å². The first-order valence-electron chi connectivity index (χ1n) is 5.27. The lowest BCUT2D eigenvalue weighted by atomic mass is 10.3. The highest BCUT2D eigenvalue weighted by atomic mass is 79.9. The third-order valence-corrected chi connectivity index (χ3v) is 4.70. The predicted molar refractivity (Wildman–Crippen MR) is 77.4 cm³/mol. The van der Waals surface area contributed by atoms with Crippen molar-refractivity contribution < 1.29 is 13.5 Å². The van der Waals surface area contributed by atoms with Crippen molar-refractivity contribution in [2.45, 2.75) is 13.2 Å². The molecule has 0 atom stereocenters. The van der Waals surface area contributed by atoms with E-state index in [0.717, 1.165) is 9.35 Å². The lowest BCUT2D eigenvalue weighted by Crippen LogP contribution is -2.03. The van der Waals surface area contributed by atoms with Gasteiger partial charge in [0.15, 0.2) is 0 Å². The molecule has 102 valence electrons. The molecule has 1 N–H and O–H groups in total. The maximum absolute atomic E-state index is 12.1. The number of rotatable bonds is 5. The van der Waals surface area contributed by atoms with Crippen LogP contribution in [0.2, 0.25) is 4.34 Å². The molecule has 0 saturated carbocycles. The number of halogens is 4. The minimum atomic E-state index is -2.82. The van der Waals surface area contributed by atoms with E-state index in [9.17, 15) is 8.78 Å². The van der Waals surface area contributed by atoms with Gasteiger partial charge >= 0.3 is 6.61 Å². The Hall–Kier alpha value is -0.850. The van der Waals surface area contributed by atoms with E-state index in [1.165, 1.54) is 23.5 Å². The molecular formula is C12H9BrClF2NOS. The molecule has 1 aromatic carbocycles. The number of thiophene rings is 1. The number of hydrogen-bond acceptors (Lipinski definition) is 3. The zero-order chi connectivity index (χ0) is 13.8. The van der Waals surface area contributed by atoms with Gasteiger partial charge in [-0.3, -0.25) is 0 Å². The molecule has 0 radical (unpaired) electrons. The lowest BCUT2D eigenvalue weighted by molar-refractivity contribution is -0.0498. The minimum Gasteiger partial charge on any atom is -0.435 e. The maximum Gasteiger partial charge on any atom is 0.387 e. The zero-order valence-electron chi connectivity index (χ0n) is 9.50. The Labute approximate surface area is 126 Å². The summed E-state index contributed by atoms with van der Waals surface area (Å²) in [6.07, 6.45) is 0. The van der Waals surface area contributed by atoms with Gasteiger partial charge in [0.25, 0.3) is 0 Å². The first-order chi connectivity index (χ1) is 9.04. The number of benzene rings is 1. The Balaban J connectivity index is 1.99.